The lowest BCUT2D eigenvalue weighted by atomic mass is 10.1. The number of hydrogen-bond donors (Lipinski definition) is 0. The maximum atomic E-state index is 4.57. The first-order valence-electron chi connectivity index (χ1n) is 7.67. The molecule has 0 spiro atoms. The van der Waals surface area contributed by atoms with Crippen molar-refractivity contribution in [1.29, 1.82) is 0 Å². The first-order valence-corrected chi connectivity index (χ1v) is 11.2. The summed E-state index contributed by atoms with van der Waals surface area (Å²) in [6.45, 7) is 8.71. The van der Waals surface area contributed by atoms with E-state index in [4.69, 9.17) is 0 Å². The molecule has 0 N–H and O–H groups in total. The molecule has 0 aliphatic heterocycles. The summed E-state index contributed by atoms with van der Waals surface area (Å²) in [4.78, 5) is 4.57. The molecule has 0 atom stereocenters. The molecule has 0 aliphatic rings. The highest BCUT2D eigenvalue weighted by Crippen LogP contribution is 2.17. The number of nitrogens with zero attached hydrogens (tertiary/aromatic N) is 1. The highest BCUT2D eigenvalue weighted by molar-refractivity contribution is 6.83. The molecule has 0 heterocycles. The van der Waals surface area contributed by atoms with Gasteiger partial charge in [-0.3, -0.25) is 4.99 Å². The Morgan fingerprint density at radius 1 is 0.913 bits per heavy atom. The topological polar surface area (TPSA) is 12.4 Å². The average Bonchev–Trinajstić information content (AvgIpc) is 2.51. The van der Waals surface area contributed by atoms with Crippen molar-refractivity contribution >= 4 is 20.0 Å². The summed E-state index contributed by atoms with van der Waals surface area (Å²) in [5.74, 6) is 9.05. The highest BCUT2D eigenvalue weighted by Gasteiger charge is 2.06. The monoisotopic (exact) mass is 315 g/mol. The lowest BCUT2D eigenvalue weighted by molar-refractivity contribution is 1.45. The van der Waals surface area contributed by atoms with Crippen LogP contribution in [-0.4, -0.2) is 14.3 Å². The zero-order valence-electron chi connectivity index (χ0n) is 14.1. The Morgan fingerprint density at radius 3 is 2.30 bits per heavy atom. The molecule has 23 heavy (non-hydrogen) atoms. The van der Waals surface area contributed by atoms with Gasteiger partial charge in [0.15, 0.2) is 0 Å². The molecule has 0 aliphatic carbocycles. The largest absolute Gasteiger partial charge is 0.255 e. The lowest BCUT2D eigenvalue weighted by Crippen LogP contribution is -2.16. The van der Waals surface area contributed by atoms with Crippen molar-refractivity contribution in [3.05, 3.63) is 65.2 Å². The fourth-order valence-corrected chi connectivity index (χ4v) is 2.24. The number of benzene rings is 2. The Kier molecular flexibility index (Phi) is 5.58. The van der Waals surface area contributed by atoms with Gasteiger partial charge >= 0.3 is 0 Å². The maximum Gasteiger partial charge on any atom is 0.130 e. The first-order chi connectivity index (χ1) is 10.9. The third-order valence-electron chi connectivity index (χ3n) is 3.03. The fourth-order valence-electron chi connectivity index (χ4n) is 1.81. The molecule has 0 radical (unpaired) electrons. The van der Waals surface area contributed by atoms with Crippen LogP contribution in [0.1, 0.15) is 16.7 Å². The van der Waals surface area contributed by atoms with Gasteiger partial charge in [0.25, 0.3) is 0 Å². The molecule has 2 heteroatoms. The van der Waals surface area contributed by atoms with Gasteiger partial charge in [-0.25, -0.2) is 0 Å². The molecule has 0 amide bonds. The van der Waals surface area contributed by atoms with Gasteiger partial charge in [-0.2, -0.15) is 0 Å². The minimum atomic E-state index is -1.37. The van der Waals surface area contributed by atoms with Crippen LogP contribution >= 0.6 is 0 Å². The lowest BCUT2D eigenvalue weighted by Gasteiger charge is -2.01. The molecule has 0 aromatic heterocycles. The molecule has 2 aromatic rings. The smallest absolute Gasteiger partial charge is 0.130 e. The van der Waals surface area contributed by atoms with E-state index in [-0.39, 0.29) is 0 Å². The van der Waals surface area contributed by atoms with Crippen molar-refractivity contribution in [3.63, 3.8) is 0 Å². The van der Waals surface area contributed by atoms with Crippen LogP contribution < -0.4 is 0 Å². The molecule has 114 valence electrons. The van der Waals surface area contributed by atoms with E-state index >= 15 is 0 Å². The molecular formula is C21H21NSi. The van der Waals surface area contributed by atoms with Crippen LogP contribution in [0.25, 0.3) is 0 Å². The Labute approximate surface area is 140 Å². The van der Waals surface area contributed by atoms with Gasteiger partial charge in [0.05, 0.1) is 11.3 Å². The Balaban J connectivity index is 2.22. The number of aliphatic imine (C=N–C) groups is 1. The van der Waals surface area contributed by atoms with Crippen molar-refractivity contribution in [2.75, 3.05) is 0 Å². The molecule has 2 aromatic carbocycles. The predicted molar refractivity (Wildman–Crippen MR) is 103 cm³/mol. The third kappa shape index (κ3) is 5.99. The second kappa shape index (κ2) is 7.63. The quantitative estimate of drug-likeness (QED) is 0.421. The van der Waals surface area contributed by atoms with E-state index in [2.05, 4.69) is 79.1 Å². The van der Waals surface area contributed by atoms with Gasteiger partial charge in [-0.1, -0.05) is 67.5 Å². The van der Waals surface area contributed by atoms with Crippen LogP contribution in [0.2, 0.25) is 19.6 Å². The van der Waals surface area contributed by atoms with E-state index in [0.29, 0.717) is 0 Å². The second-order valence-electron chi connectivity index (χ2n) is 6.44. The normalized spacial score (nSPS) is 10.6. The fraction of sp³-hybridized carbons (Fsp3) is 0.190. The van der Waals surface area contributed by atoms with E-state index in [1.807, 2.05) is 30.5 Å². The van der Waals surface area contributed by atoms with Crippen molar-refractivity contribution in [2.24, 2.45) is 4.99 Å². The summed E-state index contributed by atoms with van der Waals surface area (Å²) < 4.78 is 0. The second-order valence-corrected chi connectivity index (χ2v) is 11.2. The summed E-state index contributed by atoms with van der Waals surface area (Å²) in [5.41, 5.74) is 7.35. The number of para-hydroxylation sites is 1. The van der Waals surface area contributed by atoms with Crippen molar-refractivity contribution < 1.29 is 0 Å². The maximum absolute atomic E-state index is 4.57. The van der Waals surface area contributed by atoms with Crippen LogP contribution in [0, 0.1) is 30.2 Å². The van der Waals surface area contributed by atoms with Crippen LogP contribution in [-0.2, 0) is 0 Å². The van der Waals surface area contributed by atoms with E-state index in [9.17, 15) is 0 Å². The predicted octanol–water partition coefficient (Wildman–Crippen LogP) is 4.98. The minimum absolute atomic E-state index is 0.871. The SMILES string of the molecule is Cc1ccc(C=Nc2ccccc2C#CC#C[Si](C)(C)C)cc1. The van der Waals surface area contributed by atoms with Gasteiger partial charge in [0, 0.05) is 6.21 Å². The van der Waals surface area contributed by atoms with Crippen LogP contribution in [0.15, 0.2) is 53.5 Å². The standard InChI is InChI=1S/C21H21NSi/c1-18-12-14-19(15-13-18)17-22-21-11-6-5-9-20(21)10-7-8-16-23(2,3)4/h5-6,9,11-15,17H,1-4H3. The summed E-state index contributed by atoms with van der Waals surface area (Å²) in [7, 11) is -1.37. The molecule has 1 nitrogen and oxygen atoms in total. The van der Waals surface area contributed by atoms with Crippen LogP contribution in [0.4, 0.5) is 5.69 Å². The van der Waals surface area contributed by atoms with E-state index in [0.717, 1.165) is 16.8 Å². The molecule has 2 rings (SSSR count). The Bertz CT molecular complexity index is 816. The zero-order chi connectivity index (χ0) is 16.7. The minimum Gasteiger partial charge on any atom is -0.255 e. The summed E-state index contributed by atoms with van der Waals surface area (Å²) >= 11 is 0. The van der Waals surface area contributed by atoms with E-state index in [1.165, 1.54) is 5.56 Å². The van der Waals surface area contributed by atoms with Crippen LogP contribution in [0.3, 0.4) is 0 Å². The summed E-state index contributed by atoms with van der Waals surface area (Å²) in [5, 5.41) is 0. The first kappa shape index (κ1) is 16.8. The van der Waals surface area contributed by atoms with Gasteiger partial charge in [-0.05, 0) is 36.5 Å². The summed E-state index contributed by atoms with van der Waals surface area (Å²) in [6.07, 6.45) is 1.87. The van der Waals surface area contributed by atoms with E-state index < -0.39 is 8.07 Å². The van der Waals surface area contributed by atoms with Crippen molar-refractivity contribution in [3.8, 4) is 23.3 Å². The third-order valence-corrected chi connectivity index (χ3v) is 3.91. The molecule has 0 fully saturated rings. The molecule has 0 bridgehead atoms. The van der Waals surface area contributed by atoms with Gasteiger partial charge in [-0.15, -0.1) is 5.54 Å². The number of rotatable bonds is 2. The van der Waals surface area contributed by atoms with E-state index in [1.54, 1.807) is 0 Å². The van der Waals surface area contributed by atoms with Gasteiger partial charge in [0.1, 0.15) is 8.07 Å². The molecular weight excluding hydrogens is 294 g/mol. The molecule has 0 unspecified atom stereocenters. The Hall–Kier alpha value is -2.55. The van der Waals surface area contributed by atoms with Crippen molar-refractivity contribution in [2.45, 2.75) is 26.6 Å². The summed E-state index contributed by atoms with van der Waals surface area (Å²) in [6, 6.07) is 16.2. The molecule has 0 saturated heterocycles. The zero-order valence-corrected chi connectivity index (χ0v) is 15.1. The van der Waals surface area contributed by atoms with Crippen molar-refractivity contribution in [1.82, 2.24) is 0 Å². The van der Waals surface area contributed by atoms with Crippen LogP contribution in [0.5, 0.6) is 0 Å². The number of hydrogen-bond acceptors (Lipinski definition) is 1. The van der Waals surface area contributed by atoms with Gasteiger partial charge in [0.2, 0.25) is 0 Å². The number of aryl methyl sites for hydroxylation is 1. The van der Waals surface area contributed by atoms with Gasteiger partial charge < -0.3 is 0 Å². The Morgan fingerprint density at radius 2 is 1.61 bits per heavy atom. The average molecular weight is 315 g/mol. The molecule has 0 saturated carbocycles. The highest BCUT2D eigenvalue weighted by atomic mass is 28.3.